The molecule has 4 heteroatoms. The molecule has 1 aliphatic heterocycles. The number of H-pyrrole nitrogens is 1. The summed E-state index contributed by atoms with van der Waals surface area (Å²) >= 11 is 0. The van der Waals surface area contributed by atoms with Crippen molar-refractivity contribution in [3.63, 3.8) is 0 Å². The molecule has 2 aromatic rings. The highest BCUT2D eigenvalue weighted by Gasteiger charge is 2.23. The summed E-state index contributed by atoms with van der Waals surface area (Å²) < 4.78 is 5.23. The minimum Gasteiger partial charge on any atom is -0.383 e. The average Bonchev–Trinajstić information content (AvgIpc) is 2.93. The molecule has 1 aromatic carbocycles. The third-order valence-electron chi connectivity index (χ3n) is 3.70. The molecule has 4 nitrogen and oxygen atoms in total. The third kappa shape index (κ3) is 3.08. The Morgan fingerprint density at radius 2 is 2.10 bits per heavy atom. The maximum absolute atomic E-state index is 11.1. The highest BCUT2D eigenvalue weighted by Crippen LogP contribution is 2.27. The van der Waals surface area contributed by atoms with Gasteiger partial charge in [-0.3, -0.25) is 4.79 Å². The molecule has 1 aliphatic rings. The second kappa shape index (κ2) is 5.92. The normalized spacial score (nSPS) is 23.2. The van der Waals surface area contributed by atoms with Gasteiger partial charge in [-0.15, -0.1) is 0 Å². The van der Waals surface area contributed by atoms with Crippen LogP contribution in [0, 0.1) is 0 Å². The van der Waals surface area contributed by atoms with Crippen LogP contribution in [0.1, 0.15) is 30.1 Å². The van der Waals surface area contributed by atoms with E-state index < -0.39 is 0 Å². The molecular formula is C16H18N2O2. The first-order valence-corrected chi connectivity index (χ1v) is 6.96. The van der Waals surface area contributed by atoms with E-state index in [4.69, 9.17) is 4.52 Å². The zero-order chi connectivity index (χ0) is 13.8. The van der Waals surface area contributed by atoms with Crippen molar-refractivity contribution in [3.05, 3.63) is 64.2 Å². The maximum atomic E-state index is 11.1. The van der Waals surface area contributed by atoms with Crippen LogP contribution in [0.4, 0.5) is 0 Å². The highest BCUT2D eigenvalue weighted by atomic mass is 16.5. The number of hydrogen-bond donors (Lipinski definition) is 2. The molecular weight excluding hydrogens is 252 g/mol. The fourth-order valence-corrected chi connectivity index (χ4v) is 2.65. The summed E-state index contributed by atoms with van der Waals surface area (Å²) in [4.78, 5) is 11.1. The Kier molecular flexibility index (Phi) is 3.83. The molecule has 0 amide bonds. The van der Waals surface area contributed by atoms with E-state index >= 15 is 0 Å². The Hall–Kier alpha value is -2.07. The average molecular weight is 270 g/mol. The first-order chi connectivity index (χ1) is 9.81. The van der Waals surface area contributed by atoms with Gasteiger partial charge in [0.2, 0.25) is 0 Å². The fourth-order valence-electron chi connectivity index (χ4n) is 2.65. The maximum Gasteiger partial charge on any atom is 0.280 e. The minimum atomic E-state index is -0.157. The quantitative estimate of drug-likeness (QED) is 0.901. The highest BCUT2D eigenvalue weighted by molar-refractivity contribution is 5.49. The molecule has 0 saturated carbocycles. The van der Waals surface area contributed by atoms with Crippen LogP contribution in [0.2, 0.25) is 0 Å². The van der Waals surface area contributed by atoms with E-state index in [1.807, 2.05) is 18.2 Å². The van der Waals surface area contributed by atoms with Gasteiger partial charge in [-0.1, -0.05) is 42.5 Å². The predicted molar refractivity (Wildman–Crippen MR) is 78.6 cm³/mol. The molecule has 0 aliphatic carbocycles. The lowest BCUT2D eigenvalue weighted by molar-refractivity contribution is 0.310. The van der Waals surface area contributed by atoms with E-state index in [1.165, 1.54) is 5.56 Å². The molecule has 0 radical (unpaired) electrons. The van der Waals surface area contributed by atoms with Crippen LogP contribution in [0.3, 0.4) is 0 Å². The monoisotopic (exact) mass is 270 g/mol. The summed E-state index contributed by atoms with van der Waals surface area (Å²) in [7, 11) is 0. The predicted octanol–water partition coefficient (Wildman–Crippen LogP) is 2.52. The number of benzene rings is 1. The molecule has 2 atom stereocenters. The van der Waals surface area contributed by atoms with Crippen molar-refractivity contribution in [1.82, 2.24) is 10.5 Å². The summed E-state index contributed by atoms with van der Waals surface area (Å²) in [6.07, 6.45) is 6.26. The number of aromatic amines is 1. The van der Waals surface area contributed by atoms with Crippen LogP contribution < -0.4 is 10.9 Å². The Morgan fingerprint density at radius 3 is 2.85 bits per heavy atom. The van der Waals surface area contributed by atoms with Gasteiger partial charge in [-0.25, -0.2) is 0 Å². The van der Waals surface area contributed by atoms with Gasteiger partial charge in [-0.2, -0.15) is 5.16 Å². The molecule has 2 N–H and O–H groups in total. The van der Waals surface area contributed by atoms with Crippen LogP contribution in [0.15, 0.2) is 51.8 Å². The molecule has 0 spiro atoms. The summed E-state index contributed by atoms with van der Waals surface area (Å²) in [5.74, 6) is 1.08. The van der Waals surface area contributed by atoms with Crippen molar-refractivity contribution in [2.24, 2.45) is 0 Å². The smallest absolute Gasteiger partial charge is 0.280 e. The van der Waals surface area contributed by atoms with Crippen molar-refractivity contribution in [2.45, 2.75) is 24.8 Å². The topological polar surface area (TPSA) is 58.0 Å². The number of rotatable bonds is 3. The molecule has 0 unspecified atom stereocenters. The molecule has 1 fully saturated rings. The Balaban J connectivity index is 1.66. The lowest BCUT2D eigenvalue weighted by Gasteiger charge is -2.26. The van der Waals surface area contributed by atoms with Gasteiger partial charge in [0.25, 0.3) is 5.56 Å². The van der Waals surface area contributed by atoms with E-state index in [0.29, 0.717) is 12.0 Å². The van der Waals surface area contributed by atoms with E-state index in [9.17, 15) is 4.79 Å². The number of piperidine rings is 1. The molecule has 0 bridgehead atoms. The number of nitrogens with one attached hydrogen (secondary N) is 2. The third-order valence-corrected chi connectivity index (χ3v) is 3.70. The lowest BCUT2D eigenvalue weighted by atomic mass is 9.90. The van der Waals surface area contributed by atoms with Gasteiger partial charge in [-0.05, 0) is 24.9 Å². The van der Waals surface area contributed by atoms with Crippen LogP contribution >= 0.6 is 0 Å². The summed E-state index contributed by atoms with van der Waals surface area (Å²) in [6.45, 7) is 0.934. The molecule has 1 aromatic heterocycles. The first-order valence-electron chi connectivity index (χ1n) is 6.96. The van der Waals surface area contributed by atoms with Crippen molar-refractivity contribution >= 4 is 6.08 Å². The molecule has 104 valence electrons. The summed E-state index contributed by atoms with van der Waals surface area (Å²) in [5, 5.41) is 5.85. The van der Waals surface area contributed by atoms with E-state index in [2.05, 4.69) is 34.8 Å². The molecule has 20 heavy (non-hydrogen) atoms. The molecule has 3 rings (SSSR count). The van der Waals surface area contributed by atoms with Crippen molar-refractivity contribution in [3.8, 4) is 0 Å². The molecule has 2 heterocycles. The van der Waals surface area contributed by atoms with Crippen molar-refractivity contribution in [1.29, 1.82) is 0 Å². The Bertz CT molecular complexity index is 627. The zero-order valence-electron chi connectivity index (χ0n) is 11.2. The largest absolute Gasteiger partial charge is 0.383 e. The number of aromatic nitrogens is 1. The lowest BCUT2D eigenvalue weighted by Crippen LogP contribution is -2.35. The van der Waals surface area contributed by atoms with Gasteiger partial charge in [0.1, 0.15) is 5.76 Å². The van der Waals surface area contributed by atoms with E-state index in [1.54, 1.807) is 6.07 Å². The van der Waals surface area contributed by atoms with Crippen LogP contribution in [0.25, 0.3) is 6.08 Å². The summed E-state index contributed by atoms with van der Waals surface area (Å²) in [5.41, 5.74) is 1.04. The van der Waals surface area contributed by atoms with Crippen LogP contribution in [-0.2, 0) is 0 Å². The van der Waals surface area contributed by atoms with Gasteiger partial charge < -0.3 is 9.84 Å². The second-order valence-corrected chi connectivity index (χ2v) is 5.17. The van der Waals surface area contributed by atoms with Gasteiger partial charge in [0, 0.05) is 18.0 Å². The van der Waals surface area contributed by atoms with Crippen molar-refractivity contribution < 1.29 is 4.52 Å². The van der Waals surface area contributed by atoms with Gasteiger partial charge >= 0.3 is 0 Å². The van der Waals surface area contributed by atoms with Crippen molar-refractivity contribution in [2.75, 3.05) is 6.54 Å². The number of hydrogen-bond acceptors (Lipinski definition) is 3. The zero-order valence-corrected chi connectivity index (χ0v) is 11.2. The first kappa shape index (κ1) is 12.9. The van der Waals surface area contributed by atoms with E-state index in [-0.39, 0.29) is 5.56 Å². The Labute approximate surface area is 117 Å². The van der Waals surface area contributed by atoms with E-state index in [0.717, 1.165) is 25.1 Å². The van der Waals surface area contributed by atoms with Gasteiger partial charge in [0.15, 0.2) is 0 Å². The standard InChI is InChI=1S/C16H18N2O2/c19-16-11-15(20-18-16)13-8-9-17-14(10-13)7-6-12-4-2-1-3-5-12/h1-7,11,13-14,17H,8-10H2,(H,18,19)/t13-,14+/m1/s1. The second-order valence-electron chi connectivity index (χ2n) is 5.17. The summed E-state index contributed by atoms with van der Waals surface area (Å²) in [6, 6.07) is 12.1. The van der Waals surface area contributed by atoms with Gasteiger partial charge in [0.05, 0.1) is 0 Å². The Morgan fingerprint density at radius 1 is 1.25 bits per heavy atom. The SMILES string of the molecule is O=c1cc([C@@H]2CCN[C@@H](C=Cc3ccccc3)C2)o[nH]1. The van der Waals surface area contributed by atoms with Crippen LogP contribution in [0.5, 0.6) is 0 Å². The fraction of sp³-hybridized carbons (Fsp3) is 0.312. The molecule has 1 saturated heterocycles. The minimum absolute atomic E-state index is 0.157. The van der Waals surface area contributed by atoms with Crippen LogP contribution in [-0.4, -0.2) is 17.7 Å².